The minimum Gasteiger partial charge on any atom is -0.469 e. The molecule has 0 aliphatic carbocycles. The van der Waals surface area contributed by atoms with Gasteiger partial charge in [-0.1, -0.05) is 45.4 Å². The fourth-order valence-electron chi connectivity index (χ4n) is 1.74. The summed E-state index contributed by atoms with van der Waals surface area (Å²) in [4.78, 5) is 31.5. The van der Waals surface area contributed by atoms with Crippen molar-refractivity contribution in [1.82, 2.24) is 0 Å². The van der Waals surface area contributed by atoms with Crippen LogP contribution in [-0.2, 0) is 28.6 Å². The van der Waals surface area contributed by atoms with Gasteiger partial charge in [0.1, 0.15) is 0 Å². The minimum atomic E-state index is -0.398. The van der Waals surface area contributed by atoms with Gasteiger partial charge in [-0.25, -0.2) is 0 Å². The number of esters is 3. The monoisotopic (exact) mass is 332 g/mol. The molecule has 0 atom stereocenters. The Labute approximate surface area is 139 Å². The summed E-state index contributed by atoms with van der Waals surface area (Å²) in [6.07, 6.45) is 9.47. The first-order chi connectivity index (χ1) is 11.0. The molecule has 0 aromatic carbocycles. The van der Waals surface area contributed by atoms with E-state index in [1.54, 1.807) is 0 Å². The Hall–Kier alpha value is -1.59. The van der Waals surface area contributed by atoms with Crippen molar-refractivity contribution in [3.63, 3.8) is 0 Å². The van der Waals surface area contributed by atoms with E-state index in [1.807, 2.05) is 0 Å². The van der Waals surface area contributed by atoms with Gasteiger partial charge in [-0.15, -0.1) is 0 Å². The highest BCUT2D eigenvalue weighted by Crippen LogP contribution is 2.08. The molecule has 0 saturated heterocycles. The lowest BCUT2D eigenvalue weighted by molar-refractivity contribution is -0.147. The molecule has 0 fully saturated rings. The third-order valence-electron chi connectivity index (χ3n) is 3.20. The van der Waals surface area contributed by atoms with Crippen molar-refractivity contribution in [2.45, 2.75) is 71.1 Å². The molecule has 0 aromatic heterocycles. The van der Waals surface area contributed by atoms with Gasteiger partial charge in [0.05, 0.1) is 34.2 Å². The van der Waals surface area contributed by atoms with Crippen molar-refractivity contribution in [3.05, 3.63) is 0 Å². The van der Waals surface area contributed by atoms with Crippen LogP contribution in [0.5, 0.6) is 0 Å². The van der Waals surface area contributed by atoms with Crippen molar-refractivity contribution in [2.75, 3.05) is 21.3 Å². The van der Waals surface area contributed by atoms with Crippen LogP contribution >= 0.6 is 0 Å². The predicted molar refractivity (Wildman–Crippen MR) is 87.9 cm³/mol. The van der Waals surface area contributed by atoms with Crippen molar-refractivity contribution in [3.8, 4) is 0 Å². The van der Waals surface area contributed by atoms with Gasteiger partial charge in [-0.05, 0) is 6.42 Å². The van der Waals surface area contributed by atoms with E-state index in [1.165, 1.54) is 59.9 Å². The molecule has 0 amide bonds. The Balaban J connectivity index is 0. The van der Waals surface area contributed by atoms with E-state index in [9.17, 15) is 14.4 Å². The fourth-order valence-corrected chi connectivity index (χ4v) is 1.74. The molecule has 0 rings (SSSR count). The maximum Gasteiger partial charge on any atom is 0.306 e. The zero-order chi connectivity index (χ0) is 17.9. The van der Waals surface area contributed by atoms with Crippen LogP contribution in [-0.4, -0.2) is 39.2 Å². The number of rotatable bonds is 11. The number of carbonyl (C=O) groups excluding carboxylic acids is 3. The molecule has 0 aliphatic heterocycles. The minimum absolute atomic E-state index is 0.0754. The Morgan fingerprint density at radius 3 is 1.30 bits per heavy atom. The number of ether oxygens (including phenoxy) is 3. The summed E-state index contributed by atoms with van der Waals surface area (Å²) in [5.41, 5.74) is 0. The van der Waals surface area contributed by atoms with Gasteiger partial charge in [0.25, 0.3) is 0 Å². The molecule has 0 N–H and O–H groups in total. The first kappa shape index (κ1) is 23.7. The number of hydrogen-bond donors (Lipinski definition) is 0. The van der Waals surface area contributed by atoms with Crippen LogP contribution in [0.15, 0.2) is 0 Å². The molecule has 0 heterocycles. The summed E-state index contributed by atoms with van der Waals surface area (Å²) in [5.74, 6) is -0.871. The summed E-state index contributed by atoms with van der Waals surface area (Å²) in [6.45, 7) is 2.22. The summed E-state index contributed by atoms with van der Waals surface area (Å²) in [5, 5.41) is 0. The normalized spacial score (nSPS) is 9.39. The number of unbranched alkanes of at least 4 members (excludes halogenated alkanes) is 6. The van der Waals surface area contributed by atoms with E-state index in [2.05, 4.69) is 21.1 Å². The van der Waals surface area contributed by atoms with Crippen molar-refractivity contribution in [2.24, 2.45) is 0 Å². The van der Waals surface area contributed by atoms with Gasteiger partial charge in [-0.2, -0.15) is 0 Å². The van der Waals surface area contributed by atoms with Crippen molar-refractivity contribution < 1.29 is 28.6 Å². The van der Waals surface area contributed by atoms with E-state index in [4.69, 9.17) is 0 Å². The maximum absolute atomic E-state index is 10.7. The Kier molecular flexibility index (Phi) is 19.0. The van der Waals surface area contributed by atoms with Crippen LogP contribution in [0.4, 0.5) is 0 Å². The zero-order valence-corrected chi connectivity index (χ0v) is 15.0. The van der Waals surface area contributed by atoms with Crippen LogP contribution in [0.25, 0.3) is 0 Å². The SMILES string of the molecule is CCCCCCCCCC(=O)OC.COC(=O)CCC(=O)OC. The molecule has 136 valence electrons. The smallest absolute Gasteiger partial charge is 0.306 e. The molecule has 0 saturated carbocycles. The lowest BCUT2D eigenvalue weighted by Gasteiger charge is -2.00. The van der Waals surface area contributed by atoms with Gasteiger partial charge >= 0.3 is 17.9 Å². The second-order valence-electron chi connectivity index (χ2n) is 5.10. The van der Waals surface area contributed by atoms with E-state index < -0.39 is 11.9 Å². The Morgan fingerprint density at radius 1 is 0.565 bits per heavy atom. The van der Waals surface area contributed by atoms with Gasteiger partial charge in [0.2, 0.25) is 0 Å². The van der Waals surface area contributed by atoms with Crippen LogP contribution in [0.1, 0.15) is 71.1 Å². The van der Waals surface area contributed by atoms with Gasteiger partial charge < -0.3 is 14.2 Å². The average molecular weight is 332 g/mol. The van der Waals surface area contributed by atoms with Crippen molar-refractivity contribution in [1.29, 1.82) is 0 Å². The van der Waals surface area contributed by atoms with Crippen LogP contribution in [0.3, 0.4) is 0 Å². The third kappa shape index (κ3) is 20.4. The fraction of sp³-hybridized carbons (Fsp3) is 0.824. The third-order valence-corrected chi connectivity index (χ3v) is 3.20. The first-order valence-electron chi connectivity index (χ1n) is 8.22. The molecule has 0 bridgehead atoms. The highest BCUT2D eigenvalue weighted by atomic mass is 16.5. The van der Waals surface area contributed by atoms with E-state index in [0.717, 1.165) is 6.42 Å². The van der Waals surface area contributed by atoms with Gasteiger partial charge in [0.15, 0.2) is 0 Å². The topological polar surface area (TPSA) is 78.9 Å². The second kappa shape index (κ2) is 18.5. The highest BCUT2D eigenvalue weighted by Gasteiger charge is 2.05. The molecule has 0 aliphatic rings. The lowest BCUT2D eigenvalue weighted by Crippen LogP contribution is -2.06. The zero-order valence-electron chi connectivity index (χ0n) is 15.0. The summed E-state index contributed by atoms with van der Waals surface area (Å²) >= 11 is 0. The molecule has 6 heteroatoms. The quantitative estimate of drug-likeness (QED) is 0.328. The van der Waals surface area contributed by atoms with Crippen LogP contribution in [0, 0.1) is 0 Å². The highest BCUT2D eigenvalue weighted by molar-refractivity contribution is 5.77. The van der Waals surface area contributed by atoms with Crippen LogP contribution < -0.4 is 0 Å². The molecule has 0 aromatic rings. The molecule has 23 heavy (non-hydrogen) atoms. The van der Waals surface area contributed by atoms with Gasteiger partial charge in [-0.3, -0.25) is 14.4 Å². The first-order valence-corrected chi connectivity index (χ1v) is 8.22. The average Bonchev–Trinajstić information content (AvgIpc) is 2.58. The maximum atomic E-state index is 10.7. The molecular weight excluding hydrogens is 300 g/mol. The van der Waals surface area contributed by atoms with Crippen LogP contribution in [0.2, 0.25) is 0 Å². The molecule has 6 nitrogen and oxygen atoms in total. The standard InChI is InChI=1S/C11H22O2.C6H10O4/c1-3-4-5-6-7-8-9-10-11(12)13-2;1-9-5(7)3-4-6(8)10-2/h3-10H2,1-2H3;3-4H2,1-2H3. The summed E-state index contributed by atoms with van der Waals surface area (Å²) in [6, 6.07) is 0. The molecule has 0 unspecified atom stereocenters. The Morgan fingerprint density at radius 2 is 0.913 bits per heavy atom. The predicted octanol–water partition coefficient (Wildman–Crippen LogP) is 3.41. The molecule has 0 radical (unpaired) electrons. The van der Waals surface area contributed by atoms with E-state index in [0.29, 0.717) is 6.42 Å². The molecule has 0 spiro atoms. The number of hydrogen-bond acceptors (Lipinski definition) is 6. The largest absolute Gasteiger partial charge is 0.469 e. The molecular formula is C17H32O6. The Bertz CT molecular complexity index is 298. The van der Waals surface area contributed by atoms with E-state index >= 15 is 0 Å². The lowest BCUT2D eigenvalue weighted by atomic mass is 10.1. The van der Waals surface area contributed by atoms with Gasteiger partial charge in [0, 0.05) is 6.42 Å². The van der Waals surface area contributed by atoms with E-state index in [-0.39, 0.29) is 18.8 Å². The summed E-state index contributed by atoms with van der Waals surface area (Å²) < 4.78 is 13.2. The van der Waals surface area contributed by atoms with Crippen molar-refractivity contribution >= 4 is 17.9 Å². The number of methoxy groups -OCH3 is 3. The summed E-state index contributed by atoms with van der Waals surface area (Å²) in [7, 11) is 4.00. The second-order valence-corrected chi connectivity index (χ2v) is 5.10. The number of carbonyl (C=O) groups is 3.